The lowest BCUT2D eigenvalue weighted by atomic mass is 9.53. The molecule has 30 heavy (non-hydrogen) atoms. The normalized spacial score (nSPS) is 35.7. The van der Waals surface area contributed by atoms with Gasteiger partial charge in [0.15, 0.2) is 0 Å². The number of amides is 2. The van der Waals surface area contributed by atoms with E-state index >= 15 is 0 Å². The van der Waals surface area contributed by atoms with Crippen molar-refractivity contribution in [2.24, 2.45) is 17.8 Å². The summed E-state index contributed by atoms with van der Waals surface area (Å²) in [5, 5.41) is 6.61. The van der Waals surface area contributed by atoms with E-state index in [0.717, 1.165) is 50.4 Å². The van der Waals surface area contributed by atoms with Crippen LogP contribution in [0, 0.1) is 17.8 Å². The Morgan fingerprint density at radius 2 is 1.57 bits per heavy atom. The molecule has 5 rings (SSSR count). The van der Waals surface area contributed by atoms with Crippen LogP contribution in [0.2, 0.25) is 0 Å². The summed E-state index contributed by atoms with van der Waals surface area (Å²) in [6, 6.07) is -0.0960. The van der Waals surface area contributed by atoms with Crippen LogP contribution in [0.4, 0.5) is 0 Å². The van der Waals surface area contributed by atoms with Crippen molar-refractivity contribution in [1.29, 1.82) is 0 Å². The fourth-order valence-corrected chi connectivity index (χ4v) is 6.99. The zero-order valence-corrected chi connectivity index (χ0v) is 19.5. The molecule has 5 fully saturated rings. The predicted molar refractivity (Wildman–Crippen MR) is 119 cm³/mol. The fraction of sp³-hybridized carbons (Fsp3) is 0.917. The van der Waals surface area contributed by atoms with Crippen molar-refractivity contribution >= 4 is 11.8 Å². The lowest BCUT2D eigenvalue weighted by Crippen LogP contribution is -2.62. The van der Waals surface area contributed by atoms with Crippen LogP contribution in [0.15, 0.2) is 0 Å². The molecule has 0 aromatic heterocycles. The number of nitrogens with one attached hydrogen (secondary N) is 2. The van der Waals surface area contributed by atoms with E-state index in [9.17, 15) is 9.59 Å². The van der Waals surface area contributed by atoms with Gasteiger partial charge in [0.1, 0.15) is 0 Å². The molecule has 0 aromatic rings. The van der Waals surface area contributed by atoms with Crippen LogP contribution >= 0.6 is 0 Å². The Balaban J connectivity index is 1.28. The summed E-state index contributed by atoms with van der Waals surface area (Å²) in [4.78, 5) is 30.1. The van der Waals surface area contributed by atoms with Crippen molar-refractivity contribution in [2.45, 2.75) is 89.8 Å². The fourth-order valence-electron chi connectivity index (χ4n) is 6.99. The largest absolute Gasteiger partial charge is 0.350 e. The number of hydrogen-bond acceptors (Lipinski definition) is 4. The highest BCUT2D eigenvalue weighted by atomic mass is 16.2. The van der Waals surface area contributed by atoms with Gasteiger partial charge in [-0.2, -0.15) is 0 Å². The Bertz CT molecular complexity index is 621. The summed E-state index contributed by atoms with van der Waals surface area (Å²) >= 11 is 0. The highest BCUT2D eigenvalue weighted by Crippen LogP contribution is 2.55. The van der Waals surface area contributed by atoms with Gasteiger partial charge < -0.3 is 10.6 Å². The number of rotatable bonds is 5. The molecule has 2 amide bonds. The third-order valence-electron chi connectivity index (χ3n) is 7.86. The van der Waals surface area contributed by atoms with Crippen LogP contribution in [-0.4, -0.2) is 71.5 Å². The van der Waals surface area contributed by atoms with Gasteiger partial charge in [0.25, 0.3) is 0 Å². The average Bonchev–Trinajstić information content (AvgIpc) is 2.83. The topological polar surface area (TPSA) is 64.7 Å². The molecule has 0 aromatic carbocycles. The van der Waals surface area contributed by atoms with Gasteiger partial charge in [-0.3, -0.25) is 19.4 Å². The van der Waals surface area contributed by atoms with Crippen molar-refractivity contribution in [2.75, 3.05) is 32.7 Å². The molecule has 6 heteroatoms. The first-order valence-electron chi connectivity index (χ1n) is 12.2. The molecule has 2 N–H and O–H groups in total. The molecule has 4 saturated carbocycles. The number of carbonyl (C=O) groups excluding carboxylic acids is 2. The van der Waals surface area contributed by atoms with Crippen molar-refractivity contribution in [3.63, 3.8) is 0 Å². The van der Waals surface area contributed by atoms with E-state index in [1.54, 1.807) is 0 Å². The molecule has 4 aliphatic carbocycles. The minimum Gasteiger partial charge on any atom is -0.350 e. The SMILES string of the molecule is C[C@H](C(=O)NC12CC3CC(CC(C3)C1)C2)N1CCCN(CC(=O)NC(C)(C)C)CC1. The molecule has 0 spiro atoms. The molecule has 170 valence electrons. The maximum absolute atomic E-state index is 13.2. The number of nitrogens with zero attached hydrogens (tertiary/aromatic N) is 2. The van der Waals surface area contributed by atoms with Crippen molar-refractivity contribution < 1.29 is 9.59 Å². The van der Waals surface area contributed by atoms with Crippen molar-refractivity contribution in [3.05, 3.63) is 0 Å². The van der Waals surface area contributed by atoms with E-state index in [-0.39, 0.29) is 28.9 Å². The number of carbonyl (C=O) groups is 2. The van der Waals surface area contributed by atoms with E-state index in [1.165, 1.54) is 38.5 Å². The monoisotopic (exact) mass is 418 g/mol. The Kier molecular flexibility index (Phi) is 6.19. The molecule has 1 atom stereocenters. The minimum atomic E-state index is -0.196. The van der Waals surface area contributed by atoms with Crippen LogP contribution in [0.5, 0.6) is 0 Å². The summed E-state index contributed by atoms with van der Waals surface area (Å²) in [5.41, 5.74) is -0.109. The van der Waals surface area contributed by atoms with Crippen LogP contribution in [0.25, 0.3) is 0 Å². The summed E-state index contributed by atoms with van der Waals surface area (Å²) in [7, 11) is 0. The van der Waals surface area contributed by atoms with Gasteiger partial charge in [-0.05, 0) is 96.9 Å². The summed E-state index contributed by atoms with van der Waals surface area (Å²) < 4.78 is 0. The zero-order valence-electron chi connectivity index (χ0n) is 19.5. The molecule has 0 unspecified atom stereocenters. The zero-order chi connectivity index (χ0) is 21.5. The van der Waals surface area contributed by atoms with Crippen LogP contribution in [0.1, 0.15) is 72.6 Å². The van der Waals surface area contributed by atoms with Crippen LogP contribution in [-0.2, 0) is 9.59 Å². The van der Waals surface area contributed by atoms with Gasteiger partial charge in [0.2, 0.25) is 11.8 Å². The summed E-state index contributed by atoms with van der Waals surface area (Å²) in [6.45, 7) is 12.1. The van der Waals surface area contributed by atoms with E-state index in [1.807, 2.05) is 20.8 Å². The Morgan fingerprint density at radius 1 is 0.967 bits per heavy atom. The number of hydrogen-bond donors (Lipinski definition) is 2. The standard InChI is InChI=1S/C24H42N4O2/c1-17(22(30)26-24-13-18-10-19(14-24)12-20(11-18)15-24)28-7-5-6-27(8-9-28)16-21(29)25-23(2,3)4/h17-20H,5-16H2,1-4H3,(H,25,29)(H,26,30)/t17-,18?,19?,20?,24?/m1/s1. The van der Waals surface area contributed by atoms with Gasteiger partial charge >= 0.3 is 0 Å². The average molecular weight is 419 g/mol. The molecule has 4 bridgehead atoms. The molecule has 5 aliphatic rings. The first-order chi connectivity index (χ1) is 14.1. The van der Waals surface area contributed by atoms with Crippen molar-refractivity contribution in [1.82, 2.24) is 20.4 Å². The minimum absolute atomic E-state index is 0.0863. The second-order valence-corrected chi connectivity index (χ2v) is 11.8. The highest BCUT2D eigenvalue weighted by Gasteiger charge is 2.51. The van der Waals surface area contributed by atoms with Gasteiger partial charge in [-0.1, -0.05) is 0 Å². The molecule has 1 saturated heterocycles. The summed E-state index contributed by atoms with van der Waals surface area (Å²) in [5.74, 6) is 2.84. The molecule has 1 heterocycles. The van der Waals surface area contributed by atoms with E-state index in [4.69, 9.17) is 0 Å². The highest BCUT2D eigenvalue weighted by molar-refractivity contribution is 5.82. The molecular formula is C24H42N4O2. The van der Waals surface area contributed by atoms with Gasteiger partial charge in [-0.15, -0.1) is 0 Å². The molecular weight excluding hydrogens is 376 g/mol. The van der Waals surface area contributed by atoms with Crippen LogP contribution in [0.3, 0.4) is 0 Å². The Morgan fingerprint density at radius 3 is 2.13 bits per heavy atom. The van der Waals surface area contributed by atoms with E-state index in [0.29, 0.717) is 6.54 Å². The third-order valence-corrected chi connectivity index (χ3v) is 7.86. The van der Waals surface area contributed by atoms with E-state index in [2.05, 4.69) is 27.4 Å². The predicted octanol–water partition coefficient (Wildman–Crippen LogP) is 2.38. The van der Waals surface area contributed by atoms with Crippen molar-refractivity contribution in [3.8, 4) is 0 Å². The lowest BCUT2D eigenvalue weighted by molar-refractivity contribution is -0.131. The van der Waals surface area contributed by atoms with Crippen LogP contribution < -0.4 is 10.6 Å². The molecule has 6 nitrogen and oxygen atoms in total. The van der Waals surface area contributed by atoms with Gasteiger partial charge in [0, 0.05) is 30.7 Å². The maximum Gasteiger partial charge on any atom is 0.237 e. The van der Waals surface area contributed by atoms with E-state index < -0.39 is 0 Å². The first-order valence-corrected chi connectivity index (χ1v) is 12.2. The third kappa shape index (κ3) is 5.18. The second-order valence-electron chi connectivity index (χ2n) is 11.8. The first kappa shape index (κ1) is 22.1. The second kappa shape index (κ2) is 8.42. The smallest absolute Gasteiger partial charge is 0.237 e. The molecule has 1 aliphatic heterocycles. The summed E-state index contributed by atoms with van der Waals surface area (Å²) in [6.07, 6.45) is 8.80. The Labute approximate surface area is 182 Å². The maximum atomic E-state index is 13.2. The quantitative estimate of drug-likeness (QED) is 0.720. The molecule has 0 radical (unpaired) electrons. The van der Waals surface area contributed by atoms with Gasteiger partial charge in [-0.25, -0.2) is 0 Å². The Hall–Kier alpha value is -1.14. The van der Waals surface area contributed by atoms with Gasteiger partial charge in [0.05, 0.1) is 12.6 Å². The lowest BCUT2D eigenvalue weighted by Gasteiger charge is -2.57.